The van der Waals surface area contributed by atoms with Crippen molar-refractivity contribution in [2.24, 2.45) is 5.92 Å². The van der Waals surface area contributed by atoms with Gasteiger partial charge in [0.05, 0.1) is 0 Å². The molecule has 0 aliphatic heterocycles. The van der Waals surface area contributed by atoms with E-state index >= 15 is 0 Å². The van der Waals surface area contributed by atoms with Crippen molar-refractivity contribution >= 4 is 27.8 Å². The second-order valence-electron chi connectivity index (χ2n) is 4.83. The highest BCUT2D eigenvalue weighted by atomic mass is 79.9. The monoisotopic (exact) mass is 343 g/mol. The van der Waals surface area contributed by atoms with Gasteiger partial charge in [-0.1, -0.05) is 29.8 Å². The van der Waals surface area contributed by atoms with Gasteiger partial charge in [-0.05, 0) is 36.6 Å². The van der Waals surface area contributed by atoms with Gasteiger partial charge in [0.25, 0.3) is 5.91 Å². The van der Waals surface area contributed by atoms with E-state index in [9.17, 15) is 9.59 Å². The molecule has 5 nitrogen and oxygen atoms in total. The summed E-state index contributed by atoms with van der Waals surface area (Å²) in [6.07, 6.45) is 0.388. The first kappa shape index (κ1) is 16.5. The lowest BCUT2D eigenvalue weighted by Crippen LogP contribution is -2.43. The Morgan fingerprint density at radius 1 is 1.30 bits per heavy atom. The molecule has 0 bridgehead atoms. The van der Waals surface area contributed by atoms with Crippen LogP contribution in [0.15, 0.2) is 28.7 Å². The smallest absolute Gasteiger partial charge is 0.326 e. The largest absolute Gasteiger partial charge is 0.484 e. The Bertz CT molecular complexity index is 459. The number of aliphatic carboxylic acids is 1. The van der Waals surface area contributed by atoms with Crippen molar-refractivity contribution in [1.29, 1.82) is 0 Å². The minimum atomic E-state index is -1.03. The van der Waals surface area contributed by atoms with Gasteiger partial charge in [0.1, 0.15) is 11.8 Å². The third-order valence-electron chi connectivity index (χ3n) is 2.52. The van der Waals surface area contributed by atoms with Gasteiger partial charge in [0, 0.05) is 4.47 Å². The number of rotatable bonds is 7. The fraction of sp³-hybridized carbons (Fsp3) is 0.429. The van der Waals surface area contributed by atoms with E-state index in [1.165, 1.54) is 0 Å². The molecular weight excluding hydrogens is 326 g/mol. The standard InChI is InChI=1S/C14H18BrNO4/c1-9(2)7-12(14(18)19)16-13(17)8-20-11-5-3-10(15)4-6-11/h3-6,9,12H,7-8H2,1-2H3,(H,16,17)(H,18,19)/t12-/m0/s1. The van der Waals surface area contributed by atoms with E-state index < -0.39 is 17.9 Å². The van der Waals surface area contributed by atoms with Crippen LogP contribution in [0.5, 0.6) is 5.75 Å². The summed E-state index contributed by atoms with van der Waals surface area (Å²) in [7, 11) is 0. The highest BCUT2D eigenvalue weighted by Crippen LogP contribution is 2.15. The van der Waals surface area contributed by atoms with Gasteiger partial charge in [-0.3, -0.25) is 4.79 Å². The SMILES string of the molecule is CC(C)C[C@H](NC(=O)COc1ccc(Br)cc1)C(=O)O. The number of halogens is 1. The van der Waals surface area contributed by atoms with Crippen LogP contribution in [0.2, 0.25) is 0 Å². The molecule has 0 radical (unpaired) electrons. The number of hydrogen-bond donors (Lipinski definition) is 2. The van der Waals surface area contributed by atoms with E-state index in [1.54, 1.807) is 24.3 Å². The zero-order valence-corrected chi connectivity index (χ0v) is 13.0. The van der Waals surface area contributed by atoms with Crippen LogP contribution < -0.4 is 10.1 Å². The summed E-state index contributed by atoms with van der Waals surface area (Å²) < 4.78 is 6.20. The van der Waals surface area contributed by atoms with Crippen LogP contribution >= 0.6 is 15.9 Å². The number of carbonyl (C=O) groups is 2. The predicted octanol–water partition coefficient (Wildman–Crippen LogP) is 2.44. The van der Waals surface area contributed by atoms with E-state index in [4.69, 9.17) is 9.84 Å². The summed E-state index contributed by atoms with van der Waals surface area (Å²) in [6, 6.07) is 6.16. The van der Waals surface area contributed by atoms with Gasteiger partial charge in [0.2, 0.25) is 0 Å². The van der Waals surface area contributed by atoms with Crippen molar-refractivity contribution in [3.8, 4) is 5.75 Å². The minimum Gasteiger partial charge on any atom is -0.484 e. The number of benzene rings is 1. The maximum Gasteiger partial charge on any atom is 0.326 e. The van der Waals surface area contributed by atoms with E-state index in [-0.39, 0.29) is 12.5 Å². The normalized spacial score (nSPS) is 12.0. The highest BCUT2D eigenvalue weighted by Gasteiger charge is 2.21. The van der Waals surface area contributed by atoms with Gasteiger partial charge in [0.15, 0.2) is 6.61 Å². The van der Waals surface area contributed by atoms with Crippen molar-refractivity contribution in [2.75, 3.05) is 6.61 Å². The molecule has 0 aliphatic rings. The molecule has 1 aromatic rings. The molecule has 0 unspecified atom stereocenters. The van der Waals surface area contributed by atoms with Crippen LogP contribution in [0, 0.1) is 5.92 Å². The molecule has 1 amide bonds. The van der Waals surface area contributed by atoms with E-state index in [0.29, 0.717) is 12.2 Å². The number of amides is 1. The average molecular weight is 344 g/mol. The fourth-order valence-electron chi connectivity index (χ4n) is 1.61. The molecular formula is C14H18BrNO4. The molecule has 6 heteroatoms. The quantitative estimate of drug-likeness (QED) is 0.797. The number of hydrogen-bond acceptors (Lipinski definition) is 3. The van der Waals surface area contributed by atoms with E-state index in [2.05, 4.69) is 21.2 Å². The molecule has 0 saturated carbocycles. The first-order valence-electron chi connectivity index (χ1n) is 6.29. The molecule has 0 aliphatic carbocycles. The molecule has 0 heterocycles. The molecule has 1 rings (SSSR count). The van der Waals surface area contributed by atoms with Crippen LogP contribution in [0.3, 0.4) is 0 Å². The molecule has 20 heavy (non-hydrogen) atoms. The Kier molecular flexibility index (Phi) is 6.51. The molecule has 0 fully saturated rings. The molecule has 1 atom stereocenters. The molecule has 2 N–H and O–H groups in total. The van der Waals surface area contributed by atoms with Crippen LogP contribution in [0.25, 0.3) is 0 Å². The molecule has 1 aromatic carbocycles. The molecule has 110 valence electrons. The average Bonchev–Trinajstić information content (AvgIpc) is 2.36. The number of ether oxygens (including phenoxy) is 1. The Morgan fingerprint density at radius 3 is 2.40 bits per heavy atom. The third kappa shape index (κ3) is 6.06. The van der Waals surface area contributed by atoms with Gasteiger partial charge in [-0.15, -0.1) is 0 Å². The lowest BCUT2D eigenvalue weighted by molar-refractivity contribution is -0.142. The maximum absolute atomic E-state index is 11.7. The van der Waals surface area contributed by atoms with Crippen LogP contribution in [0.4, 0.5) is 0 Å². The van der Waals surface area contributed by atoms with Crippen LogP contribution in [-0.2, 0) is 9.59 Å². The van der Waals surface area contributed by atoms with Crippen molar-refractivity contribution in [3.05, 3.63) is 28.7 Å². The number of carboxylic acids is 1. The summed E-state index contributed by atoms with van der Waals surface area (Å²) in [5.41, 5.74) is 0. The van der Waals surface area contributed by atoms with Crippen LogP contribution in [-0.4, -0.2) is 29.6 Å². The number of carbonyl (C=O) groups excluding carboxylic acids is 1. The lowest BCUT2D eigenvalue weighted by atomic mass is 10.0. The second-order valence-corrected chi connectivity index (χ2v) is 5.75. The molecule has 0 spiro atoms. The van der Waals surface area contributed by atoms with Crippen LogP contribution in [0.1, 0.15) is 20.3 Å². The lowest BCUT2D eigenvalue weighted by Gasteiger charge is -2.16. The van der Waals surface area contributed by atoms with Crippen molar-refractivity contribution in [2.45, 2.75) is 26.3 Å². The Balaban J connectivity index is 2.45. The zero-order valence-electron chi connectivity index (χ0n) is 11.4. The van der Waals surface area contributed by atoms with Crippen molar-refractivity contribution < 1.29 is 19.4 Å². The summed E-state index contributed by atoms with van der Waals surface area (Å²) in [6.45, 7) is 3.60. The Labute approximate surface area is 126 Å². The first-order valence-corrected chi connectivity index (χ1v) is 7.08. The third-order valence-corrected chi connectivity index (χ3v) is 3.05. The van der Waals surface area contributed by atoms with E-state index in [0.717, 1.165) is 4.47 Å². The number of nitrogens with one attached hydrogen (secondary N) is 1. The van der Waals surface area contributed by atoms with Crippen molar-refractivity contribution in [1.82, 2.24) is 5.32 Å². The number of carboxylic acid groups (broad SMARTS) is 1. The summed E-state index contributed by atoms with van der Waals surface area (Å²) in [5.74, 6) is -0.737. The second kappa shape index (κ2) is 7.89. The Morgan fingerprint density at radius 2 is 1.90 bits per heavy atom. The van der Waals surface area contributed by atoms with E-state index in [1.807, 2.05) is 13.8 Å². The predicted molar refractivity (Wildman–Crippen MR) is 78.7 cm³/mol. The van der Waals surface area contributed by atoms with Gasteiger partial charge < -0.3 is 15.2 Å². The van der Waals surface area contributed by atoms with Crippen molar-refractivity contribution in [3.63, 3.8) is 0 Å². The van der Waals surface area contributed by atoms with Gasteiger partial charge >= 0.3 is 5.97 Å². The summed E-state index contributed by atoms with van der Waals surface area (Å²) in [4.78, 5) is 22.7. The molecule has 0 aromatic heterocycles. The summed E-state index contributed by atoms with van der Waals surface area (Å²) >= 11 is 3.30. The fourth-order valence-corrected chi connectivity index (χ4v) is 1.87. The highest BCUT2D eigenvalue weighted by molar-refractivity contribution is 9.10. The summed E-state index contributed by atoms with van der Waals surface area (Å²) in [5, 5.41) is 11.5. The first-order chi connectivity index (χ1) is 9.38. The minimum absolute atomic E-state index is 0.184. The maximum atomic E-state index is 11.7. The zero-order chi connectivity index (χ0) is 15.1. The molecule has 0 saturated heterocycles. The van der Waals surface area contributed by atoms with Gasteiger partial charge in [-0.25, -0.2) is 4.79 Å². The topological polar surface area (TPSA) is 75.6 Å². The Hall–Kier alpha value is -1.56. The van der Waals surface area contributed by atoms with Gasteiger partial charge in [-0.2, -0.15) is 0 Å².